The number of aliphatic hydroxyl groups excluding tert-OH is 3. The van der Waals surface area contributed by atoms with Crippen LogP contribution in [0.1, 0.15) is 31.2 Å². The molecule has 0 aliphatic carbocycles. The summed E-state index contributed by atoms with van der Waals surface area (Å²) in [5.41, 5.74) is 0.627. The number of morpholine rings is 1. The second-order valence-corrected chi connectivity index (χ2v) is 10.4. The van der Waals surface area contributed by atoms with E-state index in [1.807, 2.05) is 6.07 Å². The van der Waals surface area contributed by atoms with Gasteiger partial charge in [-0.05, 0) is 12.5 Å². The number of benzene rings is 1. The van der Waals surface area contributed by atoms with Gasteiger partial charge in [-0.1, -0.05) is 30.3 Å². The van der Waals surface area contributed by atoms with E-state index in [9.17, 15) is 30.0 Å². The maximum absolute atomic E-state index is 13.4. The lowest BCUT2D eigenvalue weighted by Crippen LogP contribution is -2.62. The maximum atomic E-state index is 13.4. The molecule has 1 aromatic rings. The highest BCUT2D eigenvalue weighted by molar-refractivity contribution is 5.78. The van der Waals surface area contributed by atoms with Crippen LogP contribution in [0.25, 0.3) is 0 Å². The third-order valence-electron chi connectivity index (χ3n) is 8.53. The molecule has 2 bridgehead atoms. The van der Waals surface area contributed by atoms with Crippen molar-refractivity contribution in [3.8, 4) is 0 Å². The van der Waals surface area contributed by atoms with E-state index < -0.39 is 48.6 Å². The highest BCUT2D eigenvalue weighted by Crippen LogP contribution is 2.52. The van der Waals surface area contributed by atoms with Gasteiger partial charge in [-0.25, -0.2) is 4.79 Å². The normalized spacial score (nSPS) is 43.9. The summed E-state index contributed by atoms with van der Waals surface area (Å²) in [5, 5.41) is 39.5. The SMILES string of the molecule is CC[N+]1(C)[C@H]2CC(OC(=O)C(CO[C@@H]3O[C@H](C(=O)O)[C@@H](O)[C@H](O)[C@H]3O)c3ccccc3)C[C@H]1[C@H]1O[C@H]12. The number of piperidine rings is 1. The van der Waals surface area contributed by atoms with Gasteiger partial charge in [0.1, 0.15) is 54.6 Å². The van der Waals surface area contributed by atoms with Crippen LogP contribution in [0.15, 0.2) is 30.3 Å². The Kier molecular flexibility index (Phi) is 6.83. The monoisotopic (exact) mass is 508 g/mol. The molecule has 198 valence electrons. The number of aliphatic hydroxyl groups is 3. The fourth-order valence-electron chi connectivity index (χ4n) is 6.24. The van der Waals surface area contributed by atoms with Crippen LogP contribution in [0.5, 0.6) is 0 Å². The number of epoxide rings is 1. The van der Waals surface area contributed by atoms with Gasteiger partial charge in [-0.3, -0.25) is 4.79 Å². The summed E-state index contributed by atoms with van der Waals surface area (Å²) in [6.07, 6.45) is -7.02. The van der Waals surface area contributed by atoms with Crippen LogP contribution in [-0.2, 0) is 28.5 Å². The van der Waals surface area contributed by atoms with Crippen molar-refractivity contribution in [3.63, 3.8) is 0 Å². The first-order valence-corrected chi connectivity index (χ1v) is 12.5. The number of carbonyl (C=O) groups excluding carboxylic acids is 1. The minimum absolute atomic E-state index is 0.228. The van der Waals surface area contributed by atoms with E-state index in [4.69, 9.17) is 18.9 Å². The number of carboxylic acids is 1. The number of aliphatic carboxylic acids is 1. The molecule has 36 heavy (non-hydrogen) atoms. The van der Waals surface area contributed by atoms with Crippen molar-refractivity contribution in [1.82, 2.24) is 0 Å². The van der Waals surface area contributed by atoms with Crippen molar-refractivity contribution >= 4 is 11.9 Å². The fraction of sp³-hybridized carbons (Fsp3) is 0.680. The molecule has 4 aliphatic rings. The van der Waals surface area contributed by atoms with Crippen molar-refractivity contribution in [2.75, 3.05) is 20.2 Å². The second kappa shape index (κ2) is 9.64. The molecule has 5 rings (SSSR count). The smallest absolute Gasteiger partial charge is 0.335 e. The molecule has 4 heterocycles. The van der Waals surface area contributed by atoms with Gasteiger partial charge in [-0.15, -0.1) is 0 Å². The fourth-order valence-corrected chi connectivity index (χ4v) is 6.24. The molecule has 3 unspecified atom stereocenters. The maximum Gasteiger partial charge on any atom is 0.335 e. The molecule has 0 radical (unpaired) electrons. The zero-order chi connectivity index (χ0) is 25.8. The first-order chi connectivity index (χ1) is 17.2. The number of carboxylic acid groups (broad SMARTS) is 1. The van der Waals surface area contributed by atoms with Gasteiger partial charge in [0.15, 0.2) is 12.4 Å². The third kappa shape index (κ3) is 4.32. The van der Waals surface area contributed by atoms with Crippen LogP contribution in [0, 0.1) is 0 Å². The highest BCUT2D eigenvalue weighted by atomic mass is 16.7. The zero-order valence-corrected chi connectivity index (χ0v) is 20.3. The predicted molar refractivity (Wildman–Crippen MR) is 122 cm³/mol. The standard InChI is InChI=1S/C25H33NO10/c1-3-26(2)15-9-13(10-16(26)21-20(15)35-21)34-24(32)14(12-7-5-4-6-8-12)11-33-25-19(29)17(27)18(28)22(36-25)23(30)31/h4-8,13-22,25,27-29H,3,9-11H2,1-2H3/p+1/t13?,14?,15-,16-,17-,18-,19+,20-,21+,22-,25+,26?/m0/s1. The van der Waals surface area contributed by atoms with Crippen LogP contribution in [0.2, 0.25) is 0 Å². The summed E-state index contributed by atoms with van der Waals surface area (Å²) in [5.74, 6) is -2.87. The number of quaternary nitrogens is 1. The number of hydrogen-bond donors (Lipinski definition) is 4. The first-order valence-electron chi connectivity index (χ1n) is 12.5. The van der Waals surface area contributed by atoms with Crippen molar-refractivity contribution in [2.45, 2.75) is 86.8 Å². The van der Waals surface area contributed by atoms with Crippen LogP contribution in [-0.4, -0.2) is 118 Å². The molecular weight excluding hydrogens is 474 g/mol. The zero-order valence-electron chi connectivity index (χ0n) is 20.3. The summed E-state index contributed by atoms with van der Waals surface area (Å²) in [4.78, 5) is 24.8. The molecular formula is C25H34NO10+. The quantitative estimate of drug-likeness (QED) is 0.203. The molecule has 4 saturated heterocycles. The van der Waals surface area contributed by atoms with Crippen LogP contribution < -0.4 is 0 Å². The molecule has 12 atom stereocenters. The van der Waals surface area contributed by atoms with Crippen LogP contribution in [0.3, 0.4) is 0 Å². The average molecular weight is 509 g/mol. The lowest BCUT2D eigenvalue weighted by molar-refractivity contribution is -0.954. The number of hydrogen-bond acceptors (Lipinski definition) is 9. The minimum atomic E-state index is -1.82. The summed E-state index contributed by atoms with van der Waals surface area (Å²) >= 11 is 0. The van der Waals surface area contributed by atoms with Crippen LogP contribution >= 0.6 is 0 Å². The Bertz CT molecular complexity index is 957. The first kappa shape index (κ1) is 25.5. The molecule has 0 saturated carbocycles. The second-order valence-electron chi connectivity index (χ2n) is 10.4. The van der Waals surface area contributed by atoms with E-state index in [1.54, 1.807) is 24.3 Å². The van der Waals surface area contributed by atoms with E-state index >= 15 is 0 Å². The van der Waals surface area contributed by atoms with E-state index in [0.29, 0.717) is 18.4 Å². The van der Waals surface area contributed by atoms with Crippen molar-refractivity contribution in [1.29, 1.82) is 0 Å². The molecule has 11 heteroatoms. The number of ether oxygens (including phenoxy) is 4. The highest BCUT2D eigenvalue weighted by Gasteiger charge is 2.71. The number of fused-ring (bicyclic) bond motifs is 5. The number of nitrogens with zero attached hydrogens (tertiary/aromatic N) is 1. The minimum Gasteiger partial charge on any atom is -0.479 e. The van der Waals surface area contributed by atoms with E-state index in [-0.39, 0.29) is 37.0 Å². The van der Waals surface area contributed by atoms with Gasteiger partial charge in [0, 0.05) is 12.8 Å². The largest absolute Gasteiger partial charge is 0.479 e. The number of esters is 1. The average Bonchev–Trinajstić information content (AvgIpc) is 3.63. The Morgan fingerprint density at radius 1 is 1.03 bits per heavy atom. The Morgan fingerprint density at radius 3 is 2.25 bits per heavy atom. The molecule has 4 fully saturated rings. The Morgan fingerprint density at radius 2 is 1.67 bits per heavy atom. The summed E-state index contributed by atoms with van der Waals surface area (Å²) in [7, 11) is 2.24. The van der Waals surface area contributed by atoms with Gasteiger partial charge in [0.2, 0.25) is 0 Å². The number of rotatable bonds is 8. The predicted octanol–water partition coefficient (Wildman–Crippen LogP) is -0.631. The molecule has 11 nitrogen and oxygen atoms in total. The molecule has 1 aromatic carbocycles. The lowest BCUT2D eigenvalue weighted by atomic mass is 9.95. The Labute approximate surface area is 208 Å². The number of carbonyl (C=O) groups is 2. The molecule has 4 aliphatic heterocycles. The van der Waals surface area contributed by atoms with Gasteiger partial charge in [0.25, 0.3) is 0 Å². The van der Waals surface area contributed by atoms with E-state index in [0.717, 1.165) is 11.0 Å². The van der Waals surface area contributed by atoms with Crippen molar-refractivity contribution in [2.24, 2.45) is 0 Å². The molecule has 0 spiro atoms. The van der Waals surface area contributed by atoms with E-state index in [2.05, 4.69) is 14.0 Å². The topological polar surface area (TPSA) is 155 Å². The molecule has 0 amide bonds. The van der Waals surface area contributed by atoms with Gasteiger partial charge >= 0.3 is 11.9 Å². The van der Waals surface area contributed by atoms with Crippen molar-refractivity contribution in [3.05, 3.63) is 35.9 Å². The molecule has 4 N–H and O–H groups in total. The summed E-state index contributed by atoms with van der Waals surface area (Å²) < 4.78 is 23.6. The summed E-state index contributed by atoms with van der Waals surface area (Å²) in [6, 6.07) is 9.44. The van der Waals surface area contributed by atoms with Gasteiger partial charge < -0.3 is 43.9 Å². The van der Waals surface area contributed by atoms with Crippen molar-refractivity contribution < 1.29 is 53.4 Å². The van der Waals surface area contributed by atoms with Crippen LogP contribution in [0.4, 0.5) is 0 Å². The van der Waals surface area contributed by atoms with Gasteiger partial charge in [-0.2, -0.15) is 0 Å². The summed E-state index contributed by atoms with van der Waals surface area (Å²) in [6.45, 7) is 2.89. The lowest BCUT2D eigenvalue weighted by Gasteiger charge is -2.47. The number of likely N-dealkylation sites (N-methyl/N-ethyl adjacent to an activating group) is 1. The van der Waals surface area contributed by atoms with Gasteiger partial charge in [0.05, 0.1) is 20.2 Å². The third-order valence-corrected chi connectivity index (χ3v) is 8.53. The Hall–Kier alpha value is -2.12. The molecule has 0 aromatic heterocycles. The Balaban J connectivity index is 1.27. The van der Waals surface area contributed by atoms with E-state index in [1.165, 1.54) is 0 Å².